The number of nitrogens with one attached hydrogen (secondary N) is 1. The number of carbonyl (C=O) groups excluding carboxylic acids is 1. The molecule has 1 rings (SSSR count). The fourth-order valence-electron chi connectivity index (χ4n) is 1.76. The van der Waals surface area contributed by atoms with Gasteiger partial charge in [-0.25, -0.2) is 0 Å². The maximum absolute atomic E-state index is 12.3. The molecule has 0 fully saturated rings. The van der Waals surface area contributed by atoms with Crippen LogP contribution in [0.2, 0.25) is 0 Å². The Labute approximate surface area is 108 Å². The van der Waals surface area contributed by atoms with Gasteiger partial charge in [-0.1, -0.05) is 0 Å². The normalized spacial score (nSPS) is 10.2. The highest BCUT2D eigenvalue weighted by Gasteiger charge is 2.17. The number of anilines is 1. The lowest BCUT2D eigenvalue weighted by atomic mass is 10.1. The molecule has 0 aliphatic rings. The molecule has 2 N–H and O–H groups in total. The van der Waals surface area contributed by atoms with Gasteiger partial charge in [0.1, 0.15) is 0 Å². The van der Waals surface area contributed by atoms with Crippen LogP contribution < -0.4 is 5.32 Å². The Morgan fingerprint density at radius 1 is 1.50 bits per heavy atom. The van der Waals surface area contributed by atoms with E-state index < -0.39 is 0 Å². The van der Waals surface area contributed by atoms with Crippen LogP contribution in [0, 0.1) is 6.92 Å². The summed E-state index contributed by atoms with van der Waals surface area (Å²) in [5, 5.41) is 12.1. The average Bonchev–Trinajstić information content (AvgIpc) is 2.36. The lowest BCUT2D eigenvalue weighted by Crippen LogP contribution is -2.34. The maximum Gasteiger partial charge on any atom is 0.257 e. The van der Waals surface area contributed by atoms with E-state index in [4.69, 9.17) is 5.11 Å². The first-order chi connectivity index (χ1) is 8.63. The minimum atomic E-state index is -0.102. The third-order valence-electron chi connectivity index (χ3n) is 2.68. The van der Waals surface area contributed by atoms with Crippen LogP contribution in [0.4, 0.5) is 5.69 Å². The molecule has 1 amide bonds. The Morgan fingerprint density at radius 2 is 2.22 bits per heavy atom. The van der Waals surface area contributed by atoms with Crippen molar-refractivity contribution in [3.63, 3.8) is 0 Å². The molecule has 5 heteroatoms. The molecule has 0 aliphatic carbocycles. The molecule has 0 saturated heterocycles. The Bertz CT molecular complexity index is 407. The van der Waals surface area contributed by atoms with Crippen LogP contribution in [-0.4, -0.2) is 47.1 Å². The van der Waals surface area contributed by atoms with Crippen LogP contribution in [0.1, 0.15) is 29.9 Å². The van der Waals surface area contributed by atoms with Gasteiger partial charge in [-0.05, 0) is 26.8 Å². The number of amides is 1. The number of aryl methyl sites for hydroxylation is 1. The van der Waals surface area contributed by atoms with Gasteiger partial charge in [-0.3, -0.25) is 9.78 Å². The fourth-order valence-corrected chi connectivity index (χ4v) is 1.76. The summed E-state index contributed by atoms with van der Waals surface area (Å²) in [7, 11) is 0. The molecule has 1 heterocycles. The highest BCUT2D eigenvalue weighted by Crippen LogP contribution is 2.17. The second-order valence-corrected chi connectivity index (χ2v) is 4.01. The molecule has 100 valence electrons. The second kappa shape index (κ2) is 6.96. The summed E-state index contributed by atoms with van der Waals surface area (Å²) in [6, 6.07) is 1.86. The van der Waals surface area contributed by atoms with Gasteiger partial charge in [0.15, 0.2) is 0 Å². The van der Waals surface area contributed by atoms with Crippen molar-refractivity contribution in [3.05, 3.63) is 23.5 Å². The van der Waals surface area contributed by atoms with Crippen LogP contribution in [0.5, 0.6) is 0 Å². The molecule has 18 heavy (non-hydrogen) atoms. The predicted molar refractivity (Wildman–Crippen MR) is 71.8 cm³/mol. The second-order valence-electron chi connectivity index (χ2n) is 4.01. The lowest BCUT2D eigenvalue weighted by molar-refractivity contribution is 0.0732. The third-order valence-corrected chi connectivity index (χ3v) is 2.68. The van der Waals surface area contributed by atoms with Crippen LogP contribution in [0.3, 0.4) is 0 Å². The molecule has 0 aliphatic heterocycles. The van der Waals surface area contributed by atoms with E-state index in [1.807, 2.05) is 26.8 Å². The summed E-state index contributed by atoms with van der Waals surface area (Å²) in [6.45, 7) is 7.39. The van der Waals surface area contributed by atoms with Crippen molar-refractivity contribution in [1.29, 1.82) is 0 Å². The number of carbonyl (C=O) groups is 1. The van der Waals surface area contributed by atoms with Gasteiger partial charge in [-0.2, -0.15) is 0 Å². The van der Waals surface area contributed by atoms with Crippen molar-refractivity contribution in [1.82, 2.24) is 9.88 Å². The number of rotatable bonds is 6. The number of nitrogens with zero attached hydrogens (tertiary/aromatic N) is 2. The summed E-state index contributed by atoms with van der Waals surface area (Å²) < 4.78 is 0. The first-order valence-corrected chi connectivity index (χ1v) is 6.24. The first kappa shape index (κ1) is 14.4. The number of aromatic nitrogens is 1. The van der Waals surface area contributed by atoms with Crippen LogP contribution >= 0.6 is 0 Å². The van der Waals surface area contributed by atoms with E-state index in [0.29, 0.717) is 18.7 Å². The zero-order valence-corrected chi connectivity index (χ0v) is 11.2. The van der Waals surface area contributed by atoms with Crippen molar-refractivity contribution in [2.45, 2.75) is 20.8 Å². The van der Waals surface area contributed by atoms with Crippen molar-refractivity contribution in [3.8, 4) is 0 Å². The summed E-state index contributed by atoms with van der Waals surface area (Å²) in [5.74, 6) is -0.102. The van der Waals surface area contributed by atoms with Crippen molar-refractivity contribution in [2.75, 3.05) is 31.6 Å². The van der Waals surface area contributed by atoms with E-state index in [0.717, 1.165) is 17.9 Å². The van der Waals surface area contributed by atoms with Crippen LogP contribution in [0.25, 0.3) is 0 Å². The monoisotopic (exact) mass is 251 g/mol. The molecule has 5 nitrogen and oxygen atoms in total. The Kier molecular flexibility index (Phi) is 5.58. The molecular formula is C13H21N3O2. The molecule has 0 unspecified atom stereocenters. The topological polar surface area (TPSA) is 65.5 Å². The Morgan fingerprint density at radius 3 is 2.78 bits per heavy atom. The van der Waals surface area contributed by atoms with E-state index in [-0.39, 0.29) is 12.5 Å². The molecule has 1 aromatic rings. The van der Waals surface area contributed by atoms with Gasteiger partial charge in [0.05, 0.1) is 17.9 Å². The first-order valence-electron chi connectivity index (χ1n) is 6.24. The van der Waals surface area contributed by atoms with Gasteiger partial charge < -0.3 is 15.3 Å². The van der Waals surface area contributed by atoms with E-state index in [2.05, 4.69) is 10.3 Å². The van der Waals surface area contributed by atoms with Gasteiger partial charge in [-0.15, -0.1) is 0 Å². The molecule has 0 atom stereocenters. The molecular weight excluding hydrogens is 230 g/mol. The van der Waals surface area contributed by atoms with Gasteiger partial charge in [0.25, 0.3) is 5.91 Å². The number of hydrogen-bond acceptors (Lipinski definition) is 4. The molecule has 0 spiro atoms. The SMILES string of the molecule is CCNc1cc(C)ncc1C(=O)N(CC)CCO. The molecule has 0 radical (unpaired) electrons. The number of likely N-dealkylation sites (N-methyl/N-ethyl adjacent to an activating group) is 1. The van der Waals surface area contributed by atoms with E-state index in [9.17, 15) is 4.79 Å². The summed E-state index contributed by atoms with van der Waals surface area (Å²) in [4.78, 5) is 18.1. The number of pyridine rings is 1. The van der Waals surface area contributed by atoms with Crippen LogP contribution in [0.15, 0.2) is 12.3 Å². The van der Waals surface area contributed by atoms with E-state index >= 15 is 0 Å². The standard InChI is InChI=1S/C13H21N3O2/c1-4-14-12-8-10(3)15-9-11(12)13(18)16(5-2)6-7-17/h8-9,17H,4-7H2,1-3H3,(H,14,15). The average molecular weight is 251 g/mol. The third kappa shape index (κ3) is 3.43. The molecule has 1 aromatic heterocycles. The highest BCUT2D eigenvalue weighted by molar-refractivity contribution is 5.99. The van der Waals surface area contributed by atoms with E-state index in [1.165, 1.54) is 0 Å². The number of aliphatic hydroxyl groups is 1. The minimum Gasteiger partial charge on any atom is -0.395 e. The molecule has 0 aromatic carbocycles. The van der Waals surface area contributed by atoms with Crippen molar-refractivity contribution >= 4 is 11.6 Å². The summed E-state index contributed by atoms with van der Waals surface area (Å²) >= 11 is 0. The zero-order valence-electron chi connectivity index (χ0n) is 11.2. The van der Waals surface area contributed by atoms with Crippen molar-refractivity contribution < 1.29 is 9.90 Å². The van der Waals surface area contributed by atoms with Gasteiger partial charge in [0.2, 0.25) is 0 Å². The summed E-state index contributed by atoms with van der Waals surface area (Å²) in [6.07, 6.45) is 1.59. The number of hydrogen-bond donors (Lipinski definition) is 2. The lowest BCUT2D eigenvalue weighted by Gasteiger charge is -2.21. The Hall–Kier alpha value is -1.62. The van der Waals surface area contributed by atoms with Gasteiger partial charge in [0, 0.05) is 31.5 Å². The van der Waals surface area contributed by atoms with Gasteiger partial charge >= 0.3 is 0 Å². The predicted octanol–water partition coefficient (Wildman–Crippen LogP) is 1.28. The smallest absolute Gasteiger partial charge is 0.257 e. The zero-order chi connectivity index (χ0) is 13.5. The highest BCUT2D eigenvalue weighted by atomic mass is 16.3. The maximum atomic E-state index is 12.3. The molecule has 0 bridgehead atoms. The quantitative estimate of drug-likeness (QED) is 0.799. The fraction of sp³-hybridized carbons (Fsp3) is 0.538. The summed E-state index contributed by atoms with van der Waals surface area (Å²) in [5.41, 5.74) is 2.22. The van der Waals surface area contributed by atoms with Crippen LogP contribution in [-0.2, 0) is 0 Å². The Balaban J connectivity index is 3.03. The largest absolute Gasteiger partial charge is 0.395 e. The number of aliphatic hydroxyl groups excluding tert-OH is 1. The minimum absolute atomic E-state index is 0.0323. The van der Waals surface area contributed by atoms with Crippen molar-refractivity contribution in [2.24, 2.45) is 0 Å². The molecule has 0 saturated carbocycles. The van der Waals surface area contributed by atoms with E-state index in [1.54, 1.807) is 11.1 Å².